The first-order valence-corrected chi connectivity index (χ1v) is 7.39. The first-order valence-electron chi connectivity index (χ1n) is 6.98. The molecular weight excluding hydrogens is 330 g/mol. The highest BCUT2D eigenvalue weighted by atomic mass is 32.1. The normalized spacial score (nSPS) is 15.5. The van der Waals surface area contributed by atoms with E-state index < -0.39 is 17.6 Å². The van der Waals surface area contributed by atoms with Crippen molar-refractivity contribution in [3.05, 3.63) is 57.4 Å². The average molecular weight is 343 g/mol. The highest BCUT2D eigenvalue weighted by Crippen LogP contribution is 2.31. The SMILES string of the molecule is Fc1ccc(C(F)(F)F)cc1CN1CCc2[nH]c(=S)ncc2C1. The molecule has 0 atom stereocenters. The quantitative estimate of drug-likeness (QED) is 0.664. The molecule has 0 bridgehead atoms. The van der Waals surface area contributed by atoms with Crippen molar-refractivity contribution in [3.8, 4) is 0 Å². The zero-order chi connectivity index (χ0) is 16.6. The number of rotatable bonds is 2. The first kappa shape index (κ1) is 16.1. The highest BCUT2D eigenvalue weighted by Gasteiger charge is 2.31. The zero-order valence-corrected chi connectivity index (χ0v) is 12.8. The van der Waals surface area contributed by atoms with Crippen LogP contribution in [0.5, 0.6) is 0 Å². The van der Waals surface area contributed by atoms with E-state index in [2.05, 4.69) is 9.97 Å². The van der Waals surface area contributed by atoms with Gasteiger partial charge in [0.25, 0.3) is 0 Å². The molecule has 0 spiro atoms. The lowest BCUT2D eigenvalue weighted by molar-refractivity contribution is -0.137. The summed E-state index contributed by atoms with van der Waals surface area (Å²) in [6.07, 6.45) is -2.15. The largest absolute Gasteiger partial charge is 0.416 e. The summed E-state index contributed by atoms with van der Waals surface area (Å²) < 4.78 is 52.5. The van der Waals surface area contributed by atoms with Crippen molar-refractivity contribution in [2.24, 2.45) is 0 Å². The molecule has 0 amide bonds. The number of halogens is 4. The van der Waals surface area contributed by atoms with Crippen LogP contribution < -0.4 is 0 Å². The van der Waals surface area contributed by atoms with Crippen molar-refractivity contribution in [2.45, 2.75) is 25.7 Å². The molecule has 0 fully saturated rings. The lowest BCUT2D eigenvalue weighted by Crippen LogP contribution is -2.31. The molecule has 0 aliphatic carbocycles. The molecule has 3 rings (SSSR count). The van der Waals surface area contributed by atoms with Crippen LogP contribution in [0.1, 0.15) is 22.4 Å². The third-order valence-corrected chi connectivity index (χ3v) is 4.03. The van der Waals surface area contributed by atoms with Gasteiger partial charge in [-0.15, -0.1) is 0 Å². The van der Waals surface area contributed by atoms with E-state index in [4.69, 9.17) is 12.2 Å². The summed E-state index contributed by atoms with van der Waals surface area (Å²) in [4.78, 5) is 8.90. The summed E-state index contributed by atoms with van der Waals surface area (Å²) in [5.74, 6) is -0.630. The Morgan fingerprint density at radius 3 is 2.83 bits per heavy atom. The van der Waals surface area contributed by atoms with Crippen LogP contribution in [0.15, 0.2) is 24.4 Å². The molecule has 1 aromatic heterocycles. The van der Waals surface area contributed by atoms with Gasteiger partial charge in [-0.05, 0) is 30.4 Å². The van der Waals surface area contributed by atoms with Crippen molar-refractivity contribution < 1.29 is 17.6 Å². The Morgan fingerprint density at radius 1 is 1.30 bits per heavy atom. The maximum Gasteiger partial charge on any atom is 0.416 e. The van der Waals surface area contributed by atoms with Gasteiger partial charge in [-0.2, -0.15) is 13.2 Å². The van der Waals surface area contributed by atoms with Gasteiger partial charge >= 0.3 is 6.18 Å². The molecule has 122 valence electrons. The summed E-state index contributed by atoms with van der Waals surface area (Å²) >= 11 is 4.96. The number of aromatic amines is 1. The Kier molecular flexibility index (Phi) is 4.20. The van der Waals surface area contributed by atoms with Gasteiger partial charge in [0.2, 0.25) is 0 Å². The van der Waals surface area contributed by atoms with Crippen LogP contribution in [0.3, 0.4) is 0 Å². The van der Waals surface area contributed by atoms with Crippen molar-refractivity contribution in [1.82, 2.24) is 14.9 Å². The van der Waals surface area contributed by atoms with E-state index >= 15 is 0 Å². The molecule has 0 unspecified atom stereocenters. The molecule has 2 heterocycles. The van der Waals surface area contributed by atoms with Crippen LogP contribution in [-0.2, 0) is 25.7 Å². The standard InChI is InChI=1S/C15H13F4N3S/c16-12-2-1-11(15(17,18)19)5-9(12)7-22-4-3-13-10(8-22)6-20-14(23)21-13/h1-2,5-6H,3-4,7-8H2,(H,20,21,23). The fraction of sp³-hybridized carbons (Fsp3) is 0.333. The number of hydrogen-bond acceptors (Lipinski definition) is 3. The molecular formula is C15H13F4N3S. The number of benzene rings is 1. The molecule has 3 nitrogen and oxygen atoms in total. The van der Waals surface area contributed by atoms with Gasteiger partial charge in [-0.25, -0.2) is 9.37 Å². The topological polar surface area (TPSA) is 31.9 Å². The second-order valence-corrected chi connectivity index (χ2v) is 5.84. The number of alkyl halides is 3. The molecule has 2 aromatic rings. The Bertz CT molecular complexity index is 785. The number of nitrogens with one attached hydrogen (secondary N) is 1. The van der Waals surface area contributed by atoms with Gasteiger partial charge in [0.05, 0.1) is 5.56 Å². The van der Waals surface area contributed by atoms with Gasteiger partial charge < -0.3 is 4.98 Å². The molecule has 1 N–H and O–H groups in total. The Morgan fingerprint density at radius 2 is 2.09 bits per heavy atom. The Labute approximate surface area is 135 Å². The summed E-state index contributed by atoms with van der Waals surface area (Å²) in [7, 11) is 0. The second kappa shape index (κ2) is 6.01. The molecule has 0 radical (unpaired) electrons. The summed E-state index contributed by atoms with van der Waals surface area (Å²) in [5, 5.41) is 0. The van der Waals surface area contributed by atoms with Crippen LogP contribution in [0.2, 0.25) is 0 Å². The van der Waals surface area contributed by atoms with E-state index in [1.807, 2.05) is 4.90 Å². The van der Waals surface area contributed by atoms with Crippen molar-refractivity contribution in [3.63, 3.8) is 0 Å². The number of fused-ring (bicyclic) bond motifs is 1. The number of nitrogens with zero attached hydrogens (tertiary/aromatic N) is 2. The smallest absolute Gasteiger partial charge is 0.334 e. The fourth-order valence-electron chi connectivity index (χ4n) is 2.65. The van der Waals surface area contributed by atoms with E-state index in [9.17, 15) is 17.6 Å². The molecule has 0 saturated carbocycles. The minimum Gasteiger partial charge on any atom is -0.334 e. The summed E-state index contributed by atoms with van der Waals surface area (Å²) in [6, 6.07) is 2.50. The molecule has 8 heteroatoms. The van der Waals surface area contributed by atoms with Gasteiger partial charge in [-0.3, -0.25) is 4.90 Å². The summed E-state index contributed by atoms with van der Waals surface area (Å²) in [6.45, 7) is 1.22. The van der Waals surface area contributed by atoms with Crippen LogP contribution in [-0.4, -0.2) is 21.4 Å². The molecule has 1 aliphatic heterocycles. The van der Waals surface area contributed by atoms with Crippen molar-refractivity contribution in [1.29, 1.82) is 0 Å². The molecule has 23 heavy (non-hydrogen) atoms. The highest BCUT2D eigenvalue weighted by molar-refractivity contribution is 7.71. The van der Waals surface area contributed by atoms with Crippen molar-refractivity contribution in [2.75, 3.05) is 6.54 Å². The van der Waals surface area contributed by atoms with E-state index in [1.165, 1.54) is 0 Å². The Hall–Kier alpha value is -1.80. The zero-order valence-electron chi connectivity index (χ0n) is 12.0. The van der Waals surface area contributed by atoms with E-state index in [0.717, 1.165) is 29.5 Å². The summed E-state index contributed by atoms with van der Waals surface area (Å²) in [5.41, 5.74) is 1.11. The fourth-order valence-corrected chi connectivity index (χ4v) is 2.83. The first-order chi connectivity index (χ1) is 10.8. The van der Waals surface area contributed by atoms with Gasteiger partial charge in [0.1, 0.15) is 5.82 Å². The number of aromatic nitrogens is 2. The third kappa shape index (κ3) is 3.59. The van der Waals surface area contributed by atoms with Crippen LogP contribution >= 0.6 is 12.2 Å². The molecule has 1 aromatic carbocycles. The lowest BCUT2D eigenvalue weighted by atomic mass is 10.0. The van der Waals surface area contributed by atoms with Gasteiger partial charge in [0, 0.05) is 49.1 Å². The maximum absolute atomic E-state index is 13.8. The molecule has 1 aliphatic rings. The second-order valence-electron chi connectivity index (χ2n) is 5.46. The average Bonchev–Trinajstić information content (AvgIpc) is 2.48. The van der Waals surface area contributed by atoms with E-state index in [-0.39, 0.29) is 12.1 Å². The van der Waals surface area contributed by atoms with Crippen LogP contribution in [0.25, 0.3) is 0 Å². The van der Waals surface area contributed by atoms with Crippen LogP contribution in [0, 0.1) is 10.6 Å². The third-order valence-electron chi connectivity index (χ3n) is 3.82. The minimum absolute atomic E-state index is 0.0418. The molecule has 0 saturated heterocycles. The predicted molar refractivity (Wildman–Crippen MR) is 78.6 cm³/mol. The number of H-pyrrole nitrogens is 1. The van der Waals surface area contributed by atoms with Gasteiger partial charge in [-0.1, -0.05) is 0 Å². The van der Waals surface area contributed by atoms with E-state index in [0.29, 0.717) is 24.3 Å². The van der Waals surface area contributed by atoms with Crippen molar-refractivity contribution >= 4 is 12.2 Å². The Balaban J connectivity index is 1.80. The predicted octanol–water partition coefficient (Wildman–Crippen LogP) is 3.86. The number of hydrogen-bond donors (Lipinski definition) is 1. The lowest BCUT2D eigenvalue weighted by Gasteiger charge is -2.28. The van der Waals surface area contributed by atoms with Crippen LogP contribution in [0.4, 0.5) is 17.6 Å². The monoisotopic (exact) mass is 343 g/mol. The maximum atomic E-state index is 13.8. The minimum atomic E-state index is -4.48. The van der Waals surface area contributed by atoms with E-state index in [1.54, 1.807) is 6.20 Å². The van der Waals surface area contributed by atoms with Gasteiger partial charge in [0.15, 0.2) is 4.77 Å².